The van der Waals surface area contributed by atoms with Crippen molar-refractivity contribution in [2.24, 2.45) is 0 Å². The first-order valence-corrected chi connectivity index (χ1v) is 6.76. The van der Waals surface area contributed by atoms with Crippen molar-refractivity contribution in [3.05, 3.63) is 16.7 Å². The number of nitrogens with two attached hydrogens (primary N) is 1. The summed E-state index contributed by atoms with van der Waals surface area (Å²) in [6.45, 7) is 1.96. The number of hydrogen-bond acceptors (Lipinski definition) is 7. The number of fused-ring (bicyclic) bond motifs is 1. The number of ether oxygens (including phenoxy) is 1. The lowest BCUT2D eigenvalue weighted by atomic mass is 10.1. The molecule has 4 atom stereocenters. The molecule has 0 saturated carbocycles. The van der Waals surface area contributed by atoms with E-state index in [9.17, 15) is 15.0 Å². The molecule has 3 rings (SSSR count). The van der Waals surface area contributed by atoms with Gasteiger partial charge in [0.05, 0.1) is 12.4 Å². The van der Waals surface area contributed by atoms with Gasteiger partial charge in [-0.05, 0) is 6.42 Å². The van der Waals surface area contributed by atoms with Crippen molar-refractivity contribution in [1.82, 2.24) is 19.5 Å². The smallest absolute Gasteiger partial charge is 0.280 e. The monoisotopic (exact) mass is 295 g/mol. The van der Waals surface area contributed by atoms with Gasteiger partial charge in [0, 0.05) is 0 Å². The molecule has 0 amide bonds. The molecule has 9 heteroatoms. The molecular formula is C12H17N5O4. The third-order valence-electron chi connectivity index (χ3n) is 3.64. The Labute approximate surface area is 119 Å². The Hall–Kier alpha value is -1.97. The van der Waals surface area contributed by atoms with Crippen LogP contribution in [0.4, 0.5) is 5.95 Å². The molecule has 21 heavy (non-hydrogen) atoms. The van der Waals surface area contributed by atoms with Crippen LogP contribution in [0.15, 0.2) is 11.1 Å². The van der Waals surface area contributed by atoms with Crippen molar-refractivity contribution in [2.45, 2.75) is 44.3 Å². The Bertz CT molecular complexity index is 711. The van der Waals surface area contributed by atoms with Crippen LogP contribution in [-0.2, 0) is 4.74 Å². The highest BCUT2D eigenvalue weighted by Gasteiger charge is 2.43. The molecule has 2 aromatic rings. The Balaban J connectivity index is 2.03. The van der Waals surface area contributed by atoms with Gasteiger partial charge in [0.15, 0.2) is 17.4 Å². The van der Waals surface area contributed by atoms with E-state index in [1.807, 2.05) is 6.92 Å². The number of nitrogens with zero attached hydrogens (tertiary/aromatic N) is 3. The molecule has 9 nitrogen and oxygen atoms in total. The third kappa shape index (κ3) is 2.19. The zero-order valence-electron chi connectivity index (χ0n) is 11.4. The van der Waals surface area contributed by atoms with Gasteiger partial charge in [0.1, 0.15) is 12.2 Å². The van der Waals surface area contributed by atoms with Crippen LogP contribution in [0.25, 0.3) is 11.2 Å². The molecule has 0 bridgehead atoms. The number of aliphatic hydroxyl groups excluding tert-OH is 2. The number of aliphatic hydroxyl groups is 2. The summed E-state index contributed by atoms with van der Waals surface area (Å²) in [6, 6.07) is 0. The molecule has 1 aliphatic heterocycles. The van der Waals surface area contributed by atoms with Gasteiger partial charge in [-0.15, -0.1) is 0 Å². The van der Waals surface area contributed by atoms with Gasteiger partial charge >= 0.3 is 0 Å². The van der Waals surface area contributed by atoms with Gasteiger partial charge in [-0.25, -0.2) is 4.98 Å². The fourth-order valence-electron chi connectivity index (χ4n) is 2.61. The zero-order valence-corrected chi connectivity index (χ0v) is 11.4. The minimum atomic E-state index is -1.12. The fourth-order valence-corrected chi connectivity index (χ4v) is 2.61. The van der Waals surface area contributed by atoms with Crippen LogP contribution in [0.5, 0.6) is 0 Å². The van der Waals surface area contributed by atoms with Crippen LogP contribution in [0.1, 0.15) is 26.0 Å². The largest absolute Gasteiger partial charge is 0.388 e. The Kier molecular flexibility index (Phi) is 3.40. The van der Waals surface area contributed by atoms with Gasteiger partial charge < -0.3 is 20.7 Å². The van der Waals surface area contributed by atoms with E-state index in [1.165, 1.54) is 10.9 Å². The summed E-state index contributed by atoms with van der Waals surface area (Å²) in [6.07, 6.45) is -0.648. The van der Waals surface area contributed by atoms with Gasteiger partial charge in [0.2, 0.25) is 5.95 Å². The summed E-state index contributed by atoms with van der Waals surface area (Å²) < 4.78 is 7.11. The van der Waals surface area contributed by atoms with Crippen molar-refractivity contribution < 1.29 is 14.9 Å². The second kappa shape index (κ2) is 5.10. The number of anilines is 1. The third-order valence-corrected chi connectivity index (χ3v) is 3.64. The summed E-state index contributed by atoms with van der Waals surface area (Å²) in [5.74, 6) is -0.0487. The molecule has 0 aromatic carbocycles. The SMILES string of the molecule is CCCC1OC(n2cnc3c(=O)[nH]c(N)nc32)C(O)C1O. The van der Waals surface area contributed by atoms with Crippen LogP contribution >= 0.6 is 0 Å². The van der Waals surface area contributed by atoms with Crippen LogP contribution in [0.2, 0.25) is 0 Å². The topological polar surface area (TPSA) is 139 Å². The summed E-state index contributed by atoms with van der Waals surface area (Å²) in [7, 11) is 0. The number of imidazole rings is 1. The quantitative estimate of drug-likeness (QED) is 0.576. The summed E-state index contributed by atoms with van der Waals surface area (Å²) in [5.41, 5.74) is 5.38. The molecular weight excluding hydrogens is 278 g/mol. The molecule has 0 aliphatic carbocycles. The van der Waals surface area contributed by atoms with E-state index in [-0.39, 0.29) is 17.1 Å². The molecule has 3 heterocycles. The molecule has 114 valence electrons. The lowest BCUT2D eigenvalue weighted by Gasteiger charge is -2.16. The van der Waals surface area contributed by atoms with Crippen molar-refractivity contribution in [1.29, 1.82) is 0 Å². The molecule has 4 unspecified atom stereocenters. The average Bonchev–Trinajstić information content (AvgIpc) is 2.96. The minimum Gasteiger partial charge on any atom is -0.388 e. The van der Waals surface area contributed by atoms with Crippen LogP contribution in [-0.4, -0.2) is 48.0 Å². The molecule has 2 aromatic heterocycles. The van der Waals surface area contributed by atoms with E-state index in [2.05, 4.69) is 15.0 Å². The molecule has 1 aliphatic rings. The molecule has 5 N–H and O–H groups in total. The lowest BCUT2D eigenvalue weighted by molar-refractivity contribution is -0.0370. The molecule has 0 spiro atoms. The normalized spacial score (nSPS) is 29.3. The van der Waals surface area contributed by atoms with Gasteiger partial charge in [-0.3, -0.25) is 14.3 Å². The Morgan fingerprint density at radius 1 is 1.48 bits per heavy atom. The highest BCUT2D eigenvalue weighted by Crippen LogP contribution is 2.32. The Morgan fingerprint density at radius 2 is 2.24 bits per heavy atom. The first kappa shape index (κ1) is 14.0. The maximum absolute atomic E-state index is 11.7. The van der Waals surface area contributed by atoms with E-state index in [1.54, 1.807) is 0 Å². The van der Waals surface area contributed by atoms with Crippen molar-refractivity contribution in [2.75, 3.05) is 5.73 Å². The number of nitrogen functional groups attached to an aromatic ring is 1. The fraction of sp³-hybridized carbons (Fsp3) is 0.583. The highest BCUT2D eigenvalue weighted by molar-refractivity contribution is 5.70. The summed E-state index contributed by atoms with van der Waals surface area (Å²) in [4.78, 5) is 22.1. The number of aromatic nitrogens is 4. The summed E-state index contributed by atoms with van der Waals surface area (Å²) >= 11 is 0. The number of H-pyrrole nitrogens is 1. The average molecular weight is 295 g/mol. The van der Waals surface area contributed by atoms with E-state index >= 15 is 0 Å². The van der Waals surface area contributed by atoms with Crippen LogP contribution < -0.4 is 11.3 Å². The minimum absolute atomic E-state index is 0.0487. The second-order valence-electron chi connectivity index (χ2n) is 5.11. The van der Waals surface area contributed by atoms with Gasteiger partial charge in [-0.1, -0.05) is 13.3 Å². The van der Waals surface area contributed by atoms with Gasteiger partial charge in [-0.2, -0.15) is 4.98 Å². The maximum atomic E-state index is 11.7. The zero-order chi connectivity index (χ0) is 15.1. The standard InChI is InChI=1S/C12H17N5O4/c1-2-3-5-7(18)8(19)11(21-5)17-4-14-6-9(17)15-12(13)16-10(6)20/h4-5,7-8,11,18-19H,2-3H2,1H3,(H3,13,15,16,20). The van der Waals surface area contributed by atoms with E-state index in [0.29, 0.717) is 6.42 Å². The predicted octanol–water partition coefficient (Wildman–Crippen LogP) is -0.879. The van der Waals surface area contributed by atoms with E-state index in [4.69, 9.17) is 10.5 Å². The first-order valence-electron chi connectivity index (χ1n) is 6.76. The van der Waals surface area contributed by atoms with Crippen molar-refractivity contribution in [3.63, 3.8) is 0 Å². The first-order chi connectivity index (χ1) is 10.0. The molecule has 0 radical (unpaired) electrons. The Morgan fingerprint density at radius 3 is 2.95 bits per heavy atom. The van der Waals surface area contributed by atoms with E-state index in [0.717, 1.165) is 6.42 Å². The van der Waals surface area contributed by atoms with Crippen molar-refractivity contribution in [3.8, 4) is 0 Å². The van der Waals surface area contributed by atoms with Gasteiger partial charge in [0.25, 0.3) is 5.56 Å². The van der Waals surface area contributed by atoms with Crippen LogP contribution in [0, 0.1) is 0 Å². The molecule has 1 saturated heterocycles. The maximum Gasteiger partial charge on any atom is 0.280 e. The number of aromatic amines is 1. The molecule has 1 fully saturated rings. The highest BCUT2D eigenvalue weighted by atomic mass is 16.6. The number of nitrogens with one attached hydrogen (secondary N) is 1. The predicted molar refractivity (Wildman–Crippen MR) is 73.4 cm³/mol. The van der Waals surface area contributed by atoms with E-state index < -0.39 is 30.1 Å². The lowest BCUT2D eigenvalue weighted by Crippen LogP contribution is -2.31. The van der Waals surface area contributed by atoms with Crippen LogP contribution in [0.3, 0.4) is 0 Å². The number of rotatable bonds is 3. The summed E-state index contributed by atoms with van der Waals surface area (Å²) in [5, 5.41) is 20.2. The second-order valence-corrected chi connectivity index (χ2v) is 5.11. The number of hydrogen-bond donors (Lipinski definition) is 4. The van der Waals surface area contributed by atoms with Crippen molar-refractivity contribution >= 4 is 17.1 Å².